The van der Waals surface area contributed by atoms with Crippen molar-refractivity contribution in [3.8, 4) is 11.5 Å². The number of anilines is 2. The van der Waals surface area contributed by atoms with Gasteiger partial charge in [-0.1, -0.05) is 63.9 Å². The van der Waals surface area contributed by atoms with Gasteiger partial charge in [-0.2, -0.15) is 0 Å². The van der Waals surface area contributed by atoms with Crippen molar-refractivity contribution in [1.29, 1.82) is 0 Å². The Morgan fingerprint density at radius 2 is 1.69 bits per heavy atom. The molecule has 5 aromatic rings. The molecule has 2 heterocycles. The van der Waals surface area contributed by atoms with Gasteiger partial charge in [0.05, 0.1) is 10.5 Å². The van der Waals surface area contributed by atoms with Crippen molar-refractivity contribution in [3.05, 3.63) is 118 Å². The number of H-pyrrole nitrogens is 1. The van der Waals surface area contributed by atoms with Crippen molar-refractivity contribution in [1.82, 2.24) is 14.6 Å². The van der Waals surface area contributed by atoms with Gasteiger partial charge in [-0.05, 0) is 127 Å². The Hall–Kier alpha value is -4.77. The molecule has 0 unspecified atom stereocenters. The number of rotatable bonds is 12. The first-order chi connectivity index (χ1) is 27.5. The number of carbonyl (C=O) groups is 1. The molecule has 1 aliphatic heterocycles. The maximum Gasteiger partial charge on any atom is 0.268 e. The second-order valence-corrected chi connectivity index (χ2v) is 20.0. The standard InChI is InChI=1S/C47H56ClN5O4S/c1-32-27-39(13-16-42(32)50-22-20-46(2,3)4)58(55,56)51-45(54)40-14-11-37(29-44(40)57-38-12-15-43-34(28-38)18-21-49-43)53-25-23-52(24-26-53)31-35-17-19-47(5,6)30-41(35)33-7-9-36(48)10-8-33/h7-16,18,21,27-29,49-50H,17,19-20,22-26,30-31H2,1-6H3,(H,51,54). The van der Waals surface area contributed by atoms with E-state index in [0.717, 1.165) is 91.4 Å². The molecule has 9 nitrogen and oxygen atoms in total. The summed E-state index contributed by atoms with van der Waals surface area (Å²) in [6, 6.07) is 26.1. The number of halogens is 1. The number of aromatic amines is 1. The van der Waals surface area contributed by atoms with Crippen molar-refractivity contribution < 1.29 is 17.9 Å². The van der Waals surface area contributed by atoms with E-state index in [1.54, 1.807) is 18.2 Å². The van der Waals surface area contributed by atoms with E-state index in [1.807, 2.05) is 61.7 Å². The van der Waals surface area contributed by atoms with Gasteiger partial charge in [0.2, 0.25) is 0 Å². The van der Waals surface area contributed by atoms with Crippen LogP contribution in [-0.2, 0) is 10.0 Å². The zero-order valence-corrected chi connectivity index (χ0v) is 36.1. The lowest BCUT2D eigenvalue weighted by atomic mass is 9.72. The minimum Gasteiger partial charge on any atom is -0.456 e. The largest absolute Gasteiger partial charge is 0.456 e. The Labute approximate surface area is 348 Å². The van der Waals surface area contributed by atoms with E-state index >= 15 is 0 Å². The summed E-state index contributed by atoms with van der Waals surface area (Å²) >= 11 is 6.25. The number of hydrogen-bond acceptors (Lipinski definition) is 7. The number of piperazine rings is 1. The Morgan fingerprint density at radius 1 is 0.931 bits per heavy atom. The molecule has 4 aromatic carbocycles. The lowest BCUT2D eigenvalue weighted by Gasteiger charge is -2.39. The molecule has 1 fully saturated rings. The zero-order chi connectivity index (χ0) is 41.2. The summed E-state index contributed by atoms with van der Waals surface area (Å²) in [4.78, 5) is 21.9. The average Bonchev–Trinajstić information content (AvgIpc) is 3.64. The van der Waals surface area contributed by atoms with E-state index in [4.69, 9.17) is 16.3 Å². The van der Waals surface area contributed by atoms with Crippen LogP contribution in [0.3, 0.4) is 0 Å². The summed E-state index contributed by atoms with van der Waals surface area (Å²) in [5.41, 5.74) is 8.27. The molecular formula is C47H56ClN5O4S. The second-order valence-electron chi connectivity index (χ2n) is 17.9. The van der Waals surface area contributed by atoms with Crippen molar-refractivity contribution in [2.45, 2.75) is 72.1 Å². The number of carbonyl (C=O) groups excluding carboxylic acids is 1. The number of amides is 1. The lowest BCUT2D eigenvalue weighted by Crippen LogP contribution is -2.47. The van der Waals surface area contributed by atoms with Gasteiger partial charge in [-0.15, -0.1) is 0 Å². The average molecular weight is 823 g/mol. The van der Waals surface area contributed by atoms with Crippen molar-refractivity contribution in [3.63, 3.8) is 0 Å². The van der Waals surface area contributed by atoms with Gasteiger partial charge in [-0.25, -0.2) is 13.1 Å². The number of benzene rings is 4. The number of hydrogen-bond donors (Lipinski definition) is 3. The molecule has 1 aliphatic carbocycles. The first kappa shape index (κ1) is 41.4. The van der Waals surface area contributed by atoms with Gasteiger partial charge in [0.1, 0.15) is 11.5 Å². The third-order valence-corrected chi connectivity index (χ3v) is 13.0. The molecule has 306 valence electrons. The molecule has 7 rings (SSSR count). The highest BCUT2D eigenvalue weighted by Gasteiger charge is 2.30. The van der Waals surface area contributed by atoms with Gasteiger partial charge >= 0.3 is 0 Å². The Kier molecular flexibility index (Phi) is 12.0. The third kappa shape index (κ3) is 10.1. The molecule has 1 amide bonds. The smallest absolute Gasteiger partial charge is 0.268 e. The minimum atomic E-state index is -4.19. The van der Waals surface area contributed by atoms with Crippen LogP contribution in [0.25, 0.3) is 16.5 Å². The first-order valence-corrected chi connectivity index (χ1v) is 22.1. The SMILES string of the molecule is Cc1cc(S(=O)(=O)NC(=O)c2ccc(N3CCN(CC4=C(c5ccc(Cl)cc5)CC(C)(C)CC4)CC3)cc2Oc2ccc3[nH]ccc3c2)ccc1NCCC(C)(C)C. The van der Waals surface area contributed by atoms with Crippen molar-refractivity contribution in [2.24, 2.45) is 10.8 Å². The highest BCUT2D eigenvalue weighted by Crippen LogP contribution is 2.43. The number of aryl methyl sites for hydroxylation is 1. The van der Waals surface area contributed by atoms with Crippen LogP contribution in [0.4, 0.5) is 11.4 Å². The molecule has 1 aromatic heterocycles. The van der Waals surface area contributed by atoms with E-state index in [2.05, 4.69) is 71.6 Å². The normalized spacial score (nSPS) is 16.4. The van der Waals surface area contributed by atoms with Gasteiger partial charge in [0, 0.05) is 78.8 Å². The number of ether oxygens (including phenoxy) is 1. The quantitative estimate of drug-likeness (QED) is 0.115. The van der Waals surface area contributed by atoms with Crippen LogP contribution in [0.5, 0.6) is 11.5 Å². The van der Waals surface area contributed by atoms with Crippen LogP contribution in [0.15, 0.2) is 102 Å². The predicted molar refractivity (Wildman–Crippen MR) is 238 cm³/mol. The van der Waals surface area contributed by atoms with E-state index in [9.17, 15) is 13.2 Å². The van der Waals surface area contributed by atoms with E-state index in [1.165, 1.54) is 29.2 Å². The fourth-order valence-corrected chi connectivity index (χ4v) is 9.09. The summed E-state index contributed by atoms with van der Waals surface area (Å²) < 4.78 is 36.0. The number of nitrogens with one attached hydrogen (secondary N) is 3. The summed E-state index contributed by atoms with van der Waals surface area (Å²) in [5.74, 6) is 0.0517. The fourth-order valence-electron chi connectivity index (χ4n) is 7.91. The van der Waals surface area contributed by atoms with Crippen molar-refractivity contribution in [2.75, 3.05) is 49.5 Å². The maximum atomic E-state index is 13.9. The summed E-state index contributed by atoms with van der Waals surface area (Å²) in [6.07, 6.45) is 6.12. The topological polar surface area (TPSA) is 107 Å². The highest BCUT2D eigenvalue weighted by molar-refractivity contribution is 7.90. The van der Waals surface area contributed by atoms with E-state index < -0.39 is 15.9 Å². The predicted octanol–water partition coefficient (Wildman–Crippen LogP) is 10.7. The van der Waals surface area contributed by atoms with E-state index in [-0.39, 0.29) is 27.0 Å². The molecule has 2 aliphatic rings. The molecule has 0 bridgehead atoms. The molecule has 0 radical (unpaired) electrons. The molecule has 3 N–H and O–H groups in total. The molecule has 58 heavy (non-hydrogen) atoms. The summed E-state index contributed by atoms with van der Waals surface area (Å²) in [6.45, 7) is 18.2. The number of sulfonamides is 1. The van der Waals surface area contributed by atoms with Crippen LogP contribution in [0, 0.1) is 17.8 Å². The molecule has 0 saturated carbocycles. The van der Waals surface area contributed by atoms with E-state index in [0.29, 0.717) is 5.75 Å². The summed E-state index contributed by atoms with van der Waals surface area (Å²) in [5, 5.41) is 5.12. The van der Waals surface area contributed by atoms with Gasteiger partial charge in [-0.3, -0.25) is 9.69 Å². The molecule has 1 saturated heterocycles. The minimum absolute atomic E-state index is 0.0163. The van der Waals surface area contributed by atoms with Crippen LogP contribution >= 0.6 is 11.6 Å². The van der Waals surface area contributed by atoms with Crippen LogP contribution in [0.2, 0.25) is 5.02 Å². The number of nitrogens with zero attached hydrogens (tertiary/aromatic N) is 2. The van der Waals surface area contributed by atoms with Crippen LogP contribution in [-0.4, -0.2) is 63.5 Å². The second kappa shape index (κ2) is 16.8. The summed E-state index contributed by atoms with van der Waals surface area (Å²) in [7, 11) is -4.19. The first-order valence-electron chi connectivity index (χ1n) is 20.3. The Bertz CT molecular complexity index is 2420. The molecule has 0 spiro atoms. The fraction of sp³-hybridized carbons (Fsp3) is 0.383. The van der Waals surface area contributed by atoms with Crippen molar-refractivity contribution >= 4 is 55.4 Å². The van der Waals surface area contributed by atoms with Gasteiger partial charge in [0.25, 0.3) is 15.9 Å². The highest BCUT2D eigenvalue weighted by atomic mass is 35.5. The van der Waals surface area contributed by atoms with Gasteiger partial charge in [0.15, 0.2) is 0 Å². The lowest BCUT2D eigenvalue weighted by molar-refractivity contribution is 0.0979. The maximum absolute atomic E-state index is 13.9. The Morgan fingerprint density at radius 3 is 2.41 bits per heavy atom. The van der Waals surface area contributed by atoms with Crippen LogP contribution in [0.1, 0.15) is 81.8 Å². The number of aromatic nitrogens is 1. The van der Waals surface area contributed by atoms with Crippen LogP contribution < -0.4 is 19.7 Å². The number of allylic oxidation sites excluding steroid dienone is 1. The monoisotopic (exact) mass is 821 g/mol. The number of fused-ring (bicyclic) bond motifs is 1. The third-order valence-electron chi connectivity index (χ3n) is 11.4. The van der Waals surface area contributed by atoms with Gasteiger partial charge < -0.3 is 19.9 Å². The molecule has 11 heteroatoms. The zero-order valence-electron chi connectivity index (χ0n) is 34.5. The molecular weight excluding hydrogens is 766 g/mol. The Balaban J connectivity index is 1.09. The molecule has 0 atom stereocenters.